The molecule has 0 spiro atoms. The van der Waals surface area contributed by atoms with Crippen molar-refractivity contribution in [2.75, 3.05) is 14.2 Å². The van der Waals surface area contributed by atoms with Gasteiger partial charge in [0.25, 0.3) is 5.91 Å². The SMILES string of the molecule is COc1ccc(CNC(=O)c2c(C)nn(-c3ccc(F)cc3)c2Cl)cc1OC. The minimum Gasteiger partial charge on any atom is -0.493 e. The number of aromatic nitrogens is 2. The summed E-state index contributed by atoms with van der Waals surface area (Å²) in [6.45, 7) is 1.97. The Balaban J connectivity index is 1.79. The number of carbonyl (C=O) groups excluding carboxylic acids is 1. The highest BCUT2D eigenvalue weighted by Gasteiger charge is 2.21. The molecular weight excluding hydrogens is 385 g/mol. The molecule has 3 rings (SSSR count). The first kappa shape index (κ1) is 19.7. The Morgan fingerprint density at radius 3 is 2.46 bits per heavy atom. The summed E-state index contributed by atoms with van der Waals surface area (Å²) in [7, 11) is 3.11. The van der Waals surface area contributed by atoms with Crippen LogP contribution in [0.1, 0.15) is 21.6 Å². The van der Waals surface area contributed by atoms with Gasteiger partial charge >= 0.3 is 0 Å². The number of rotatable bonds is 6. The van der Waals surface area contributed by atoms with Crippen LogP contribution in [0.3, 0.4) is 0 Å². The average Bonchev–Trinajstić information content (AvgIpc) is 3.00. The molecular formula is C20H19ClFN3O3. The maximum atomic E-state index is 13.1. The maximum Gasteiger partial charge on any atom is 0.256 e. The van der Waals surface area contributed by atoms with Gasteiger partial charge in [-0.2, -0.15) is 5.10 Å². The number of methoxy groups -OCH3 is 2. The number of halogens is 2. The molecule has 2 aromatic carbocycles. The molecule has 1 amide bonds. The van der Waals surface area contributed by atoms with E-state index in [1.165, 1.54) is 16.8 Å². The van der Waals surface area contributed by atoms with Gasteiger partial charge in [-0.3, -0.25) is 4.79 Å². The van der Waals surface area contributed by atoms with Crippen molar-refractivity contribution < 1.29 is 18.7 Å². The summed E-state index contributed by atoms with van der Waals surface area (Å²) in [4.78, 5) is 12.7. The van der Waals surface area contributed by atoms with Gasteiger partial charge in [0, 0.05) is 6.54 Å². The van der Waals surface area contributed by atoms with Crippen molar-refractivity contribution in [3.05, 3.63) is 70.3 Å². The summed E-state index contributed by atoms with van der Waals surface area (Å²) in [6, 6.07) is 11.1. The van der Waals surface area contributed by atoms with E-state index in [-0.39, 0.29) is 29.0 Å². The van der Waals surface area contributed by atoms with E-state index >= 15 is 0 Å². The number of carbonyl (C=O) groups is 1. The predicted molar refractivity (Wildman–Crippen MR) is 104 cm³/mol. The molecule has 1 aromatic heterocycles. The van der Waals surface area contributed by atoms with Crippen LogP contribution in [0.4, 0.5) is 4.39 Å². The fraction of sp³-hybridized carbons (Fsp3) is 0.200. The van der Waals surface area contributed by atoms with Crippen LogP contribution in [-0.4, -0.2) is 29.9 Å². The number of hydrogen-bond acceptors (Lipinski definition) is 4. The van der Waals surface area contributed by atoms with Crippen molar-refractivity contribution in [1.29, 1.82) is 0 Å². The molecule has 0 aliphatic rings. The molecule has 146 valence electrons. The van der Waals surface area contributed by atoms with Gasteiger partial charge in [-0.05, 0) is 48.9 Å². The molecule has 0 aliphatic carbocycles. The van der Waals surface area contributed by atoms with Crippen LogP contribution < -0.4 is 14.8 Å². The Morgan fingerprint density at radius 1 is 1.14 bits per heavy atom. The summed E-state index contributed by atoms with van der Waals surface area (Å²) < 4.78 is 25.0. The summed E-state index contributed by atoms with van der Waals surface area (Å²) in [5, 5.41) is 7.29. The monoisotopic (exact) mass is 403 g/mol. The van der Waals surface area contributed by atoms with Gasteiger partial charge < -0.3 is 14.8 Å². The summed E-state index contributed by atoms with van der Waals surface area (Å²) in [6.07, 6.45) is 0. The Kier molecular flexibility index (Phi) is 5.84. The fourth-order valence-electron chi connectivity index (χ4n) is 2.77. The van der Waals surface area contributed by atoms with Crippen LogP contribution in [0.15, 0.2) is 42.5 Å². The smallest absolute Gasteiger partial charge is 0.256 e. The molecule has 1 heterocycles. The Bertz CT molecular complexity index is 1000. The van der Waals surface area contributed by atoms with E-state index in [4.69, 9.17) is 21.1 Å². The highest BCUT2D eigenvalue weighted by Crippen LogP contribution is 2.28. The van der Waals surface area contributed by atoms with E-state index < -0.39 is 0 Å². The molecule has 0 saturated heterocycles. The van der Waals surface area contributed by atoms with E-state index in [9.17, 15) is 9.18 Å². The zero-order chi connectivity index (χ0) is 20.3. The molecule has 0 atom stereocenters. The normalized spacial score (nSPS) is 10.6. The Labute approximate surface area is 166 Å². The average molecular weight is 404 g/mol. The summed E-state index contributed by atoms with van der Waals surface area (Å²) in [5.74, 6) is 0.465. The Hall–Kier alpha value is -3.06. The third-order valence-corrected chi connectivity index (χ3v) is 4.55. The molecule has 0 aliphatic heterocycles. The zero-order valence-electron chi connectivity index (χ0n) is 15.6. The maximum absolute atomic E-state index is 13.1. The van der Waals surface area contributed by atoms with Crippen LogP contribution in [0.25, 0.3) is 5.69 Å². The summed E-state index contributed by atoms with van der Waals surface area (Å²) >= 11 is 6.38. The zero-order valence-corrected chi connectivity index (χ0v) is 16.4. The number of ether oxygens (including phenoxy) is 2. The van der Waals surface area contributed by atoms with Crippen LogP contribution in [0.5, 0.6) is 11.5 Å². The molecule has 1 N–H and O–H groups in total. The number of hydrogen-bond donors (Lipinski definition) is 1. The van der Waals surface area contributed by atoms with E-state index in [0.29, 0.717) is 22.9 Å². The van der Waals surface area contributed by atoms with Crippen LogP contribution >= 0.6 is 11.6 Å². The second kappa shape index (κ2) is 8.31. The van der Waals surface area contributed by atoms with Crippen molar-refractivity contribution in [3.63, 3.8) is 0 Å². The van der Waals surface area contributed by atoms with E-state index in [1.807, 2.05) is 6.07 Å². The van der Waals surface area contributed by atoms with Crippen molar-refractivity contribution in [3.8, 4) is 17.2 Å². The number of nitrogens with one attached hydrogen (secondary N) is 1. The lowest BCUT2D eigenvalue weighted by atomic mass is 10.2. The fourth-order valence-corrected chi connectivity index (χ4v) is 3.13. The predicted octanol–water partition coefficient (Wildman–Crippen LogP) is 3.92. The third-order valence-electron chi connectivity index (χ3n) is 4.20. The van der Waals surface area contributed by atoms with E-state index in [0.717, 1.165) is 5.56 Å². The molecule has 0 radical (unpaired) electrons. The number of nitrogens with zero attached hydrogens (tertiary/aromatic N) is 2. The standard InChI is InChI=1S/C20H19ClFN3O3/c1-12-18(19(21)25(24-12)15-7-5-14(22)6-8-15)20(26)23-11-13-4-9-16(27-2)17(10-13)28-3/h4-10H,11H2,1-3H3,(H,23,26). The molecule has 28 heavy (non-hydrogen) atoms. The molecule has 0 saturated carbocycles. The molecule has 0 bridgehead atoms. The van der Waals surface area contributed by atoms with Crippen LogP contribution in [0, 0.1) is 12.7 Å². The van der Waals surface area contributed by atoms with Crippen LogP contribution in [-0.2, 0) is 6.54 Å². The summed E-state index contributed by atoms with van der Waals surface area (Å²) in [5.41, 5.74) is 2.14. The largest absolute Gasteiger partial charge is 0.493 e. The molecule has 0 unspecified atom stereocenters. The second-order valence-electron chi connectivity index (χ2n) is 6.01. The number of amides is 1. The van der Waals surface area contributed by atoms with Crippen molar-refractivity contribution >= 4 is 17.5 Å². The number of aryl methyl sites for hydroxylation is 1. The minimum atomic E-state index is -0.364. The lowest BCUT2D eigenvalue weighted by molar-refractivity contribution is 0.0950. The van der Waals surface area contributed by atoms with Crippen LogP contribution in [0.2, 0.25) is 5.15 Å². The lowest BCUT2D eigenvalue weighted by Crippen LogP contribution is -2.23. The highest BCUT2D eigenvalue weighted by atomic mass is 35.5. The van der Waals surface area contributed by atoms with Crippen molar-refractivity contribution in [2.24, 2.45) is 0 Å². The van der Waals surface area contributed by atoms with Gasteiger partial charge in [0.1, 0.15) is 11.0 Å². The van der Waals surface area contributed by atoms with Crippen molar-refractivity contribution in [2.45, 2.75) is 13.5 Å². The van der Waals surface area contributed by atoms with Crippen molar-refractivity contribution in [1.82, 2.24) is 15.1 Å². The van der Waals surface area contributed by atoms with Gasteiger partial charge in [-0.15, -0.1) is 0 Å². The van der Waals surface area contributed by atoms with Gasteiger partial charge in [-0.25, -0.2) is 9.07 Å². The van der Waals surface area contributed by atoms with E-state index in [2.05, 4.69) is 10.4 Å². The van der Waals surface area contributed by atoms with Gasteiger partial charge in [0.05, 0.1) is 31.2 Å². The lowest BCUT2D eigenvalue weighted by Gasteiger charge is -2.10. The first-order valence-corrected chi connectivity index (χ1v) is 8.82. The highest BCUT2D eigenvalue weighted by molar-refractivity contribution is 6.33. The topological polar surface area (TPSA) is 65.4 Å². The second-order valence-corrected chi connectivity index (χ2v) is 6.37. The Morgan fingerprint density at radius 2 is 1.82 bits per heavy atom. The van der Waals surface area contributed by atoms with E-state index in [1.54, 1.807) is 45.4 Å². The number of benzene rings is 2. The van der Waals surface area contributed by atoms with Gasteiger partial charge in [0.2, 0.25) is 0 Å². The molecule has 0 fully saturated rings. The molecule has 3 aromatic rings. The van der Waals surface area contributed by atoms with Gasteiger partial charge in [-0.1, -0.05) is 17.7 Å². The quantitative estimate of drug-likeness (QED) is 0.677. The third kappa shape index (κ3) is 3.94. The first-order valence-electron chi connectivity index (χ1n) is 8.44. The molecule has 6 nitrogen and oxygen atoms in total. The molecule has 8 heteroatoms. The minimum absolute atomic E-state index is 0.161. The first-order chi connectivity index (χ1) is 13.4. The van der Waals surface area contributed by atoms with Gasteiger partial charge in [0.15, 0.2) is 11.5 Å².